The molecule has 3 heteroatoms. The van der Waals surface area contributed by atoms with Crippen molar-refractivity contribution >= 4 is 0 Å². The Balaban J connectivity index is 1.40. The van der Waals surface area contributed by atoms with Crippen LogP contribution in [0.1, 0.15) is 24.0 Å². The van der Waals surface area contributed by atoms with Crippen molar-refractivity contribution in [1.29, 1.82) is 0 Å². The Morgan fingerprint density at radius 2 is 2.00 bits per heavy atom. The number of aliphatic hydroxyl groups excluding tert-OH is 1. The standard InChI is InChI=1S/C20H21FO2/c21-16-7-9-19(23-12-14-4-2-1-3-5-14)15(10-16)6-8-17-18-11-20(17,18)13-22/h1-5,7,9-10,17-18,22H,6,8,11-13H2/t17-,18?,20+/m0/s1. The average Bonchev–Trinajstić information content (AvgIpc) is 3.44. The summed E-state index contributed by atoms with van der Waals surface area (Å²) in [5.74, 6) is 1.89. The number of rotatable bonds is 7. The molecule has 1 N–H and O–H groups in total. The van der Waals surface area contributed by atoms with Crippen LogP contribution < -0.4 is 4.74 Å². The molecule has 23 heavy (non-hydrogen) atoms. The Labute approximate surface area is 135 Å². The lowest BCUT2D eigenvalue weighted by Crippen LogP contribution is -2.06. The van der Waals surface area contributed by atoms with Gasteiger partial charge in [0, 0.05) is 6.61 Å². The van der Waals surface area contributed by atoms with Crippen molar-refractivity contribution in [2.24, 2.45) is 17.3 Å². The Kier molecular flexibility index (Phi) is 3.61. The number of aliphatic hydroxyl groups is 1. The number of benzene rings is 2. The largest absolute Gasteiger partial charge is 0.489 e. The van der Waals surface area contributed by atoms with Gasteiger partial charge in [-0.25, -0.2) is 4.39 Å². The molecule has 1 unspecified atom stereocenters. The number of halogens is 1. The third-order valence-corrected chi connectivity index (χ3v) is 5.57. The molecule has 2 nitrogen and oxygen atoms in total. The van der Waals surface area contributed by atoms with E-state index in [2.05, 4.69) is 0 Å². The molecule has 0 aliphatic heterocycles. The van der Waals surface area contributed by atoms with E-state index in [0.717, 1.165) is 35.6 Å². The van der Waals surface area contributed by atoms with Crippen molar-refractivity contribution in [2.75, 3.05) is 6.61 Å². The van der Waals surface area contributed by atoms with Crippen LogP contribution in [-0.4, -0.2) is 11.7 Å². The predicted octanol–water partition coefficient (Wildman–Crippen LogP) is 3.97. The van der Waals surface area contributed by atoms with Crippen molar-refractivity contribution in [1.82, 2.24) is 0 Å². The average molecular weight is 312 g/mol. The monoisotopic (exact) mass is 312 g/mol. The van der Waals surface area contributed by atoms with Crippen LogP contribution in [0.3, 0.4) is 0 Å². The lowest BCUT2D eigenvalue weighted by molar-refractivity contribution is 0.224. The fourth-order valence-electron chi connectivity index (χ4n) is 3.87. The normalized spacial score (nSPS) is 27.4. The second-order valence-electron chi connectivity index (χ2n) is 6.87. The summed E-state index contributed by atoms with van der Waals surface area (Å²) in [6, 6.07) is 14.7. The topological polar surface area (TPSA) is 29.5 Å². The summed E-state index contributed by atoms with van der Waals surface area (Å²) in [5, 5.41) is 9.40. The van der Waals surface area contributed by atoms with Gasteiger partial charge in [-0.05, 0) is 65.8 Å². The Hall–Kier alpha value is -1.87. The first-order chi connectivity index (χ1) is 11.2. The number of hydrogen-bond donors (Lipinski definition) is 1. The molecule has 0 bridgehead atoms. The van der Waals surface area contributed by atoms with E-state index in [9.17, 15) is 9.50 Å². The number of ether oxygens (including phenoxy) is 1. The smallest absolute Gasteiger partial charge is 0.123 e. The van der Waals surface area contributed by atoms with Gasteiger partial charge < -0.3 is 9.84 Å². The SMILES string of the molecule is OC[C@@]12CC1[C@@H]2CCc1cc(F)ccc1OCc1ccccc1. The van der Waals surface area contributed by atoms with Gasteiger partial charge in [0.25, 0.3) is 0 Å². The molecule has 0 spiro atoms. The molecule has 4 rings (SSSR count). The van der Waals surface area contributed by atoms with Gasteiger partial charge in [-0.2, -0.15) is 0 Å². The summed E-state index contributed by atoms with van der Waals surface area (Å²) in [6.07, 6.45) is 3.00. The van der Waals surface area contributed by atoms with Crippen LogP contribution in [0.15, 0.2) is 48.5 Å². The van der Waals surface area contributed by atoms with Gasteiger partial charge in [-0.1, -0.05) is 30.3 Å². The highest BCUT2D eigenvalue weighted by atomic mass is 19.1. The fraction of sp³-hybridized carbons (Fsp3) is 0.400. The molecule has 2 fully saturated rings. The van der Waals surface area contributed by atoms with Crippen LogP contribution in [0.4, 0.5) is 4.39 Å². The van der Waals surface area contributed by atoms with Gasteiger partial charge in [-0.15, -0.1) is 0 Å². The maximum absolute atomic E-state index is 13.6. The summed E-state index contributed by atoms with van der Waals surface area (Å²) >= 11 is 0. The van der Waals surface area contributed by atoms with Crippen LogP contribution in [0, 0.1) is 23.1 Å². The molecule has 3 atom stereocenters. The van der Waals surface area contributed by atoms with E-state index < -0.39 is 0 Å². The Bertz CT molecular complexity index is 700. The van der Waals surface area contributed by atoms with Crippen LogP contribution in [0.25, 0.3) is 0 Å². The molecule has 120 valence electrons. The first kappa shape index (κ1) is 14.7. The van der Waals surface area contributed by atoms with E-state index in [-0.39, 0.29) is 11.2 Å². The molecule has 2 aliphatic carbocycles. The van der Waals surface area contributed by atoms with Crippen molar-refractivity contribution in [2.45, 2.75) is 25.9 Å². The fourth-order valence-corrected chi connectivity index (χ4v) is 3.87. The minimum absolute atomic E-state index is 0.218. The zero-order valence-electron chi connectivity index (χ0n) is 13.0. The summed E-state index contributed by atoms with van der Waals surface area (Å²) in [6.45, 7) is 0.801. The molecule has 2 aromatic carbocycles. The Morgan fingerprint density at radius 3 is 2.70 bits per heavy atom. The van der Waals surface area contributed by atoms with Crippen molar-refractivity contribution in [3.05, 3.63) is 65.5 Å². The van der Waals surface area contributed by atoms with Gasteiger partial charge >= 0.3 is 0 Å². The zero-order valence-corrected chi connectivity index (χ0v) is 13.0. The summed E-state index contributed by atoms with van der Waals surface area (Å²) in [4.78, 5) is 0. The van der Waals surface area contributed by atoms with E-state index in [0.29, 0.717) is 19.1 Å². The second kappa shape index (κ2) is 5.64. The molecular formula is C20H21FO2. The summed E-state index contributed by atoms with van der Waals surface area (Å²) < 4.78 is 19.5. The van der Waals surface area contributed by atoms with E-state index in [1.54, 1.807) is 12.1 Å². The minimum atomic E-state index is -0.218. The zero-order chi connectivity index (χ0) is 15.9. The molecule has 0 amide bonds. The van der Waals surface area contributed by atoms with Crippen LogP contribution in [-0.2, 0) is 13.0 Å². The molecular weight excluding hydrogens is 291 g/mol. The maximum atomic E-state index is 13.6. The predicted molar refractivity (Wildman–Crippen MR) is 86.6 cm³/mol. The third-order valence-electron chi connectivity index (χ3n) is 5.57. The van der Waals surface area contributed by atoms with Crippen LogP contribution in [0.2, 0.25) is 0 Å². The molecule has 2 aliphatic rings. The number of hydrogen-bond acceptors (Lipinski definition) is 2. The minimum Gasteiger partial charge on any atom is -0.489 e. The van der Waals surface area contributed by atoms with Gasteiger partial charge in [0.15, 0.2) is 0 Å². The first-order valence-electron chi connectivity index (χ1n) is 8.29. The third kappa shape index (κ3) is 2.74. The van der Waals surface area contributed by atoms with E-state index in [1.165, 1.54) is 12.5 Å². The van der Waals surface area contributed by atoms with Crippen molar-refractivity contribution in [3.63, 3.8) is 0 Å². The summed E-state index contributed by atoms with van der Waals surface area (Å²) in [7, 11) is 0. The van der Waals surface area contributed by atoms with Crippen molar-refractivity contribution in [3.8, 4) is 5.75 Å². The number of aryl methyl sites for hydroxylation is 1. The molecule has 0 aromatic heterocycles. The summed E-state index contributed by atoms with van der Waals surface area (Å²) in [5.41, 5.74) is 2.27. The molecule has 0 radical (unpaired) electrons. The first-order valence-corrected chi connectivity index (χ1v) is 8.29. The van der Waals surface area contributed by atoms with Gasteiger partial charge in [0.2, 0.25) is 0 Å². The van der Waals surface area contributed by atoms with E-state index in [1.807, 2.05) is 30.3 Å². The quantitative estimate of drug-likeness (QED) is 0.838. The molecule has 0 saturated heterocycles. The van der Waals surface area contributed by atoms with E-state index >= 15 is 0 Å². The lowest BCUT2D eigenvalue weighted by Gasteiger charge is -2.14. The highest BCUT2D eigenvalue weighted by molar-refractivity contribution is 5.35. The highest BCUT2D eigenvalue weighted by Crippen LogP contribution is 2.80. The second-order valence-corrected chi connectivity index (χ2v) is 6.87. The molecule has 2 saturated carbocycles. The van der Waals surface area contributed by atoms with Gasteiger partial charge in [0.1, 0.15) is 18.2 Å². The molecule has 0 heterocycles. The van der Waals surface area contributed by atoms with Crippen LogP contribution >= 0.6 is 0 Å². The lowest BCUT2D eigenvalue weighted by atomic mass is 9.97. The van der Waals surface area contributed by atoms with Gasteiger partial charge in [0.05, 0.1) is 0 Å². The van der Waals surface area contributed by atoms with Crippen molar-refractivity contribution < 1.29 is 14.2 Å². The highest BCUT2D eigenvalue weighted by Gasteiger charge is 2.77. The Morgan fingerprint density at radius 1 is 1.17 bits per heavy atom. The van der Waals surface area contributed by atoms with E-state index in [4.69, 9.17) is 4.74 Å². The number of fused-ring (bicyclic) bond motifs is 1. The maximum Gasteiger partial charge on any atom is 0.123 e. The van der Waals surface area contributed by atoms with Gasteiger partial charge in [-0.3, -0.25) is 0 Å². The molecule has 2 aromatic rings. The van der Waals surface area contributed by atoms with Crippen LogP contribution in [0.5, 0.6) is 5.75 Å².